The van der Waals surface area contributed by atoms with E-state index in [9.17, 15) is 0 Å². The molecule has 1 aromatic heterocycles. The minimum Gasteiger partial charge on any atom is -0.421 e. The SMILES string of the molecule is Cc1nnc(C2=CCCCCC2)o1. The standard InChI is InChI=1S/C10H14N2O/c1-8-11-12-10(13-8)9-6-4-2-3-5-7-9/h6H,2-5,7H2,1H3. The quantitative estimate of drug-likeness (QED) is 0.663. The number of hydrogen-bond donors (Lipinski definition) is 0. The topological polar surface area (TPSA) is 38.9 Å². The third-order valence-corrected chi connectivity index (χ3v) is 2.34. The van der Waals surface area contributed by atoms with E-state index in [0.29, 0.717) is 5.89 Å². The maximum absolute atomic E-state index is 5.39. The van der Waals surface area contributed by atoms with Gasteiger partial charge in [0.15, 0.2) is 0 Å². The van der Waals surface area contributed by atoms with Gasteiger partial charge < -0.3 is 4.42 Å². The van der Waals surface area contributed by atoms with Crippen LogP contribution < -0.4 is 0 Å². The lowest BCUT2D eigenvalue weighted by atomic mass is 10.1. The van der Waals surface area contributed by atoms with E-state index in [-0.39, 0.29) is 0 Å². The molecule has 0 N–H and O–H groups in total. The first-order valence-electron chi connectivity index (χ1n) is 4.86. The molecule has 70 valence electrons. The molecule has 0 aliphatic heterocycles. The summed E-state index contributed by atoms with van der Waals surface area (Å²) in [6, 6.07) is 0. The zero-order chi connectivity index (χ0) is 9.10. The third-order valence-electron chi connectivity index (χ3n) is 2.34. The molecular formula is C10H14N2O. The number of nitrogens with zero attached hydrogens (tertiary/aromatic N) is 2. The Hall–Kier alpha value is -1.12. The molecule has 0 aromatic carbocycles. The summed E-state index contributed by atoms with van der Waals surface area (Å²) < 4.78 is 5.39. The van der Waals surface area contributed by atoms with E-state index in [1.165, 1.54) is 24.8 Å². The molecule has 0 radical (unpaired) electrons. The zero-order valence-electron chi connectivity index (χ0n) is 7.92. The van der Waals surface area contributed by atoms with Crippen LogP contribution in [-0.2, 0) is 0 Å². The second-order valence-corrected chi connectivity index (χ2v) is 3.45. The fraction of sp³-hybridized carbons (Fsp3) is 0.600. The molecular weight excluding hydrogens is 164 g/mol. The molecule has 1 aliphatic rings. The highest BCUT2D eigenvalue weighted by molar-refractivity contribution is 5.58. The molecule has 0 unspecified atom stereocenters. The molecule has 3 heteroatoms. The van der Waals surface area contributed by atoms with Gasteiger partial charge in [-0.2, -0.15) is 0 Å². The van der Waals surface area contributed by atoms with Crippen LogP contribution in [0.25, 0.3) is 5.57 Å². The first-order chi connectivity index (χ1) is 6.36. The van der Waals surface area contributed by atoms with Crippen LogP contribution in [0, 0.1) is 6.92 Å². The van der Waals surface area contributed by atoms with Crippen LogP contribution in [0.4, 0.5) is 0 Å². The normalized spacial score (nSPS) is 18.1. The van der Waals surface area contributed by atoms with Crippen LogP contribution in [0.15, 0.2) is 10.5 Å². The monoisotopic (exact) mass is 178 g/mol. The summed E-state index contributed by atoms with van der Waals surface area (Å²) >= 11 is 0. The Balaban J connectivity index is 2.19. The van der Waals surface area contributed by atoms with Crippen molar-refractivity contribution in [2.45, 2.75) is 39.0 Å². The molecule has 3 nitrogen and oxygen atoms in total. The van der Waals surface area contributed by atoms with Crippen molar-refractivity contribution in [2.24, 2.45) is 0 Å². The summed E-state index contributed by atoms with van der Waals surface area (Å²) in [5, 5.41) is 7.86. The molecule has 0 fully saturated rings. The van der Waals surface area contributed by atoms with Crippen LogP contribution in [0.5, 0.6) is 0 Å². The minimum absolute atomic E-state index is 0.653. The second kappa shape index (κ2) is 3.73. The van der Waals surface area contributed by atoms with Gasteiger partial charge >= 0.3 is 0 Å². The summed E-state index contributed by atoms with van der Waals surface area (Å²) in [6.45, 7) is 1.83. The fourth-order valence-electron chi connectivity index (χ4n) is 1.64. The third kappa shape index (κ3) is 1.97. The summed E-state index contributed by atoms with van der Waals surface area (Å²) in [7, 11) is 0. The molecule has 0 saturated carbocycles. The minimum atomic E-state index is 0.653. The number of hydrogen-bond acceptors (Lipinski definition) is 3. The molecule has 1 aromatic rings. The van der Waals surface area contributed by atoms with Gasteiger partial charge in [-0.1, -0.05) is 12.5 Å². The Morgan fingerprint density at radius 2 is 2.15 bits per heavy atom. The Bertz CT molecular complexity index is 314. The molecule has 0 amide bonds. The molecule has 0 spiro atoms. The van der Waals surface area contributed by atoms with Gasteiger partial charge in [0.2, 0.25) is 11.8 Å². The van der Waals surface area contributed by atoms with Crippen molar-refractivity contribution >= 4 is 5.57 Å². The van der Waals surface area contributed by atoms with E-state index in [2.05, 4.69) is 16.3 Å². The fourth-order valence-corrected chi connectivity index (χ4v) is 1.64. The van der Waals surface area contributed by atoms with Crippen molar-refractivity contribution in [3.63, 3.8) is 0 Å². The van der Waals surface area contributed by atoms with Crippen molar-refractivity contribution in [1.82, 2.24) is 10.2 Å². The van der Waals surface area contributed by atoms with E-state index in [1.54, 1.807) is 0 Å². The Morgan fingerprint density at radius 3 is 2.92 bits per heavy atom. The highest BCUT2D eigenvalue weighted by atomic mass is 16.4. The Kier molecular flexibility index (Phi) is 2.43. The van der Waals surface area contributed by atoms with Gasteiger partial charge in [0.25, 0.3) is 0 Å². The van der Waals surface area contributed by atoms with Gasteiger partial charge in [0.1, 0.15) is 0 Å². The van der Waals surface area contributed by atoms with Crippen LogP contribution in [0.1, 0.15) is 43.9 Å². The van der Waals surface area contributed by atoms with E-state index >= 15 is 0 Å². The Labute approximate surface area is 77.9 Å². The smallest absolute Gasteiger partial charge is 0.243 e. The number of aryl methyl sites for hydroxylation is 1. The average Bonchev–Trinajstić information content (AvgIpc) is 2.43. The van der Waals surface area contributed by atoms with Crippen LogP contribution >= 0.6 is 0 Å². The predicted octanol–water partition coefficient (Wildman–Crippen LogP) is 2.73. The van der Waals surface area contributed by atoms with Crippen molar-refractivity contribution in [2.75, 3.05) is 0 Å². The summed E-state index contributed by atoms with van der Waals surface area (Å²) in [5.74, 6) is 1.37. The number of aromatic nitrogens is 2. The highest BCUT2D eigenvalue weighted by Crippen LogP contribution is 2.24. The molecule has 1 heterocycles. The lowest BCUT2D eigenvalue weighted by Gasteiger charge is -1.96. The maximum Gasteiger partial charge on any atom is 0.243 e. The van der Waals surface area contributed by atoms with E-state index < -0.39 is 0 Å². The first-order valence-corrected chi connectivity index (χ1v) is 4.86. The van der Waals surface area contributed by atoms with Crippen molar-refractivity contribution < 1.29 is 4.42 Å². The first kappa shape index (κ1) is 8.48. The van der Waals surface area contributed by atoms with Crippen LogP contribution in [0.3, 0.4) is 0 Å². The van der Waals surface area contributed by atoms with E-state index in [4.69, 9.17) is 4.42 Å². The van der Waals surface area contributed by atoms with Crippen molar-refractivity contribution in [1.29, 1.82) is 0 Å². The van der Waals surface area contributed by atoms with Gasteiger partial charge in [-0.3, -0.25) is 0 Å². The molecule has 1 aliphatic carbocycles. The maximum atomic E-state index is 5.39. The van der Waals surface area contributed by atoms with E-state index in [0.717, 1.165) is 18.7 Å². The molecule has 2 rings (SSSR count). The molecule has 0 saturated heterocycles. The lowest BCUT2D eigenvalue weighted by Crippen LogP contribution is -1.83. The van der Waals surface area contributed by atoms with Gasteiger partial charge in [-0.25, -0.2) is 0 Å². The van der Waals surface area contributed by atoms with Gasteiger partial charge in [0.05, 0.1) is 0 Å². The van der Waals surface area contributed by atoms with Gasteiger partial charge in [-0.05, 0) is 25.7 Å². The van der Waals surface area contributed by atoms with Crippen LogP contribution in [0.2, 0.25) is 0 Å². The number of allylic oxidation sites excluding steroid dienone is 2. The van der Waals surface area contributed by atoms with Gasteiger partial charge in [-0.15, -0.1) is 10.2 Å². The Morgan fingerprint density at radius 1 is 1.23 bits per heavy atom. The van der Waals surface area contributed by atoms with Crippen molar-refractivity contribution in [3.05, 3.63) is 17.9 Å². The van der Waals surface area contributed by atoms with Crippen molar-refractivity contribution in [3.8, 4) is 0 Å². The summed E-state index contributed by atoms with van der Waals surface area (Å²) in [6.07, 6.45) is 8.31. The highest BCUT2D eigenvalue weighted by Gasteiger charge is 2.10. The average molecular weight is 178 g/mol. The predicted molar refractivity (Wildman–Crippen MR) is 50.1 cm³/mol. The van der Waals surface area contributed by atoms with Gasteiger partial charge in [0, 0.05) is 12.5 Å². The largest absolute Gasteiger partial charge is 0.421 e. The van der Waals surface area contributed by atoms with E-state index in [1.807, 2.05) is 6.92 Å². The van der Waals surface area contributed by atoms with Crippen LogP contribution in [-0.4, -0.2) is 10.2 Å². The zero-order valence-corrected chi connectivity index (χ0v) is 7.92. The molecule has 0 bridgehead atoms. The molecule has 13 heavy (non-hydrogen) atoms. The summed E-state index contributed by atoms with van der Waals surface area (Å²) in [5.41, 5.74) is 1.23. The molecule has 0 atom stereocenters. The summed E-state index contributed by atoms with van der Waals surface area (Å²) in [4.78, 5) is 0. The number of rotatable bonds is 1. The lowest BCUT2D eigenvalue weighted by molar-refractivity contribution is 0.503. The second-order valence-electron chi connectivity index (χ2n) is 3.45.